The summed E-state index contributed by atoms with van der Waals surface area (Å²) in [6.07, 6.45) is -4.51. The predicted octanol–water partition coefficient (Wildman–Crippen LogP) is 3.48. The topological polar surface area (TPSA) is 41.4 Å². The van der Waals surface area contributed by atoms with Gasteiger partial charge in [0.1, 0.15) is 6.54 Å². The van der Waals surface area contributed by atoms with E-state index in [0.717, 1.165) is 4.68 Å². The number of alkyl halides is 3. The van der Waals surface area contributed by atoms with Gasteiger partial charge in [-0.25, -0.2) is 0 Å². The fraction of sp³-hybridized carbons (Fsp3) is 0.500. The maximum absolute atomic E-state index is 13.0. The monoisotopic (exact) mass is 394 g/mol. The number of rotatable bonds is 3. The van der Waals surface area contributed by atoms with Crippen LogP contribution in [0.5, 0.6) is 0 Å². The molecule has 3 rings (SSSR count). The summed E-state index contributed by atoms with van der Waals surface area (Å²) in [5, 5.41) is 3.63. The summed E-state index contributed by atoms with van der Waals surface area (Å²) in [6, 6.07) is 6.17. The summed E-state index contributed by atoms with van der Waals surface area (Å²) in [4.78, 5) is 16.6. The highest BCUT2D eigenvalue weighted by Crippen LogP contribution is 2.32. The van der Waals surface area contributed by atoms with Gasteiger partial charge in [-0.05, 0) is 44.9 Å². The number of nitrogens with zero attached hydrogens (tertiary/aromatic N) is 4. The lowest BCUT2D eigenvalue weighted by atomic mass is 10.1. The van der Waals surface area contributed by atoms with Gasteiger partial charge in [-0.15, -0.1) is 0 Å². The van der Waals surface area contributed by atoms with E-state index in [1.54, 1.807) is 11.8 Å². The lowest BCUT2D eigenvalue weighted by Gasteiger charge is -2.37. The molecule has 2 aromatic rings. The van der Waals surface area contributed by atoms with Crippen molar-refractivity contribution in [2.45, 2.75) is 40.4 Å². The van der Waals surface area contributed by atoms with E-state index in [2.05, 4.69) is 36.0 Å². The molecular formula is C20H25F3N4O. The molecule has 0 saturated carbocycles. The van der Waals surface area contributed by atoms with Gasteiger partial charge >= 0.3 is 6.18 Å². The first kappa shape index (κ1) is 20.2. The normalized spacial score (nSPS) is 15.2. The smallest absolute Gasteiger partial charge is 0.368 e. The van der Waals surface area contributed by atoms with Crippen molar-refractivity contribution in [2.24, 2.45) is 0 Å². The van der Waals surface area contributed by atoms with Crippen LogP contribution in [-0.4, -0.2) is 46.8 Å². The van der Waals surface area contributed by atoms with Crippen molar-refractivity contribution in [3.8, 4) is 0 Å². The third kappa shape index (κ3) is 3.86. The van der Waals surface area contributed by atoms with E-state index < -0.39 is 11.9 Å². The molecular weight excluding hydrogens is 369 g/mol. The van der Waals surface area contributed by atoms with Crippen LogP contribution in [-0.2, 0) is 17.5 Å². The Kier molecular flexibility index (Phi) is 5.41. The average Bonchev–Trinajstić information content (AvgIpc) is 2.93. The summed E-state index contributed by atoms with van der Waals surface area (Å²) < 4.78 is 40.2. The number of hydrogen-bond acceptors (Lipinski definition) is 3. The Morgan fingerprint density at radius 2 is 1.68 bits per heavy atom. The van der Waals surface area contributed by atoms with Gasteiger partial charge in [-0.3, -0.25) is 9.48 Å². The van der Waals surface area contributed by atoms with E-state index in [9.17, 15) is 18.0 Å². The molecule has 1 aliphatic rings. The zero-order chi connectivity index (χ0) is 20.6. The summed E-state index contributed by atoms with van der Waals surface area (Å²) in [6.45, 7) is 9.40. The molecule has 0 bridgehead atoms. The van der Waals surface area contributed by atoms with Crippen LogP contribution in [0.1, 0.15) is 28.1 Å². The molecule has 1 saturated heterocycles. The molecule has 1 aromatic heterocycles. The predicted molar refractivity (Wildman–Crippen MR) is 101 cm³/mol. The van der Waals surface area contributed by atoms with E-state index in [-0.39, 0.29) is 18.0 Å². The van der Waals surface area contributed by atoms with Gasteiger partial charge in [-0.1, -0.05) is 12.1 Å². The fourth-order valence-electron chi connectivity index (χ4n) is 3.56. The third-order valence-corrected chi connectivity index (χ3v) is 5.61. The van der Waals surface area contributed by atoms with Crippen LogP contribution in [0, 0.1) is 27.7 Å². The zero-order valence-electron chi connectivity index (χ0n) is 16.6. The highest BCUT2D eigenvalue weighted by atomic mass is 19.4. The molecule has 0 atom stereocenters. The van der Waals surface area contributed by atoms with Crippen molar-refractivity contribution in [1.29, 1.82) is 0 Å². The maximum atomic E-state index is 13.0. The molecule has 2 heterocycles. The van der Waals surface area contributed by atoms with Gasteiger partial charge in [0.2, 0.25) is 5.91 Å². The van der Waals surface area contributed by atoms with Crippen LogP contribution in [0.25, 0.3) is 0 Å². The largest absolute Gasteiger partial charge is 0.435 e. The average molecular weight is 394 g/mol. The fourth-order valence-corrected chi connectivity index (χ4v) is 3.56. The van der Waals surface area contributed by atoms with E-state index in [4.69, 9.17) is 0 Å². The van der Waals surface area contributed by atoms with Gasteiger partial charge in [0.15, 0.2) is 5.69 Å². The first-order chi connectivity index (χ1) is 13.1. The molecule has 1 fully saturated rings. The number of carbonyl (C=O) groups is 1. The lowest BCUT2D eigenvalue weighted by molar-refractivity contribution is -0.142. The molecule has 1 aliphatic heterocycles. The summed E-state index contributed by atoms with van der Waals surface area (Å²) in [5.41, 5.74) is 3.14. The Bertz CT molecular complexity index is 880. The highest BCUT2D eigenvalue weighted by molar-refractivity contribution is 5.76. The SMILES string of the molecule is Cc1cccc(N2CCN(C(=O)Cn3nc(C(F)(F)F)c(C)c3C)CC2)c1C. The van der Waals surface area contributed by atoms with Gasteiger partial charge < -0.3 is 9.80 Å². The number of anilines is 1. The molecule has 0 unspecified atom stereocenters. The molecule has 1 aromatic carbocycles. The lowest BCUT2D eigenvalue weighted by Crippen LogP contribution is -2.50. The van der Waals surface area contributed by atoms with Crippen LogP contribution in [0.3, 0.4) is 0 Å². The number of piperazine rings is 1. The van der Waals surface area contributed by atoms with Crippen LogP contribution in [0.15, 0.2) is 18.2 Å². The number of hydrogen-bond donors (Lipinski definition) is 0. The van der Waals surface area contributed by atoms with Crippen LogP contribution in [0.4, 0.5) is 18.9 Å². The van der Waals surface area contributed by atoms with Crippen LogP contribution >= 0.6 is 0 Å². The van der Waals surface area contributed by atoms with Crippen molar-refractivity contribution in [1.82, 2.24) is 14.7 Å². The minimum Gasteiger partial charge on any atom is -0.368 e. The molecule has 5 nitrogen and oxygen atoms in total. The van der Waals surface area contributed by atoms with Crippen molar-refractivity contribution in [3.63, 3.8) is 0 Å². The second-order valence-corrected chi connectivity index (χ2v) is 7.30. The first-order valence-corrected chi connectivity index (χ1v) is 9.29. The van der Waals surface area contributed by atoms with Gasteiger partial charge in [0.25, 0.3) is 0 Å². The van der Waals surface area contributed by atoms with Crippen molar-refractivity contribution in [2.75, 3.05) is 31.1 Å². The molecule has 0 spiro atoms. The van der Waals surface area contributed by atoms with Crippen molar-refractivity contribution < 1.29 is 18.0 Å². The molecule has 8 heteroatoms. The van der Waals surface area contributed by atoms with Gasteiger partial charge in [-0.2, -0.15) is 18.3 Å². The summed E-state index contributed by atoms with van der Waals surface area (Å²) in [7, 11) is 0. The summed E-state index contributed by atoms with van der Waals surface area (Å²) in [5.74, 6) is -0.208. The van der Waals surface area contributed by atoms with E-state index in [1.807, 2.05) is 6.07 Å². The maximum Gasteiger partial charge on any atom is 0.435 e. The third-order valence-electron chi connectivity index (χ3n) is 5.61. The van der Waals surface area contributed by atoms with Crippen molar-refractivity contribution in [3.05, 3.63) is 46.3 Å². The van der Waals surface area contributed by atoms with E-state index in [1.165, 1.54) is 23.7 Å². The quantitative estimate of drug-likeness (QED) is 0.800. The first-order valence-electron chi connectivity index (χ1n) is 9.29. The Morgan fingerprint density at radius 1 is 1.04 bits per heavy atom. The minimum absolute atomic E-state index is 0.0695. The summed E-state index contributed by atoms with van der Waals surface area (Å²) >= 11 is 0. The standard InChI is InChI=1S/C20H25F3N4O/c1-13-6-5-7-17(14(13)2)25-8-10-26(11-9-25)18(28)12-27-16(4)15(3)19(24-27)20(21,22)23/h5-7H,8-12H2,1-4H3. The molecule has 28 heavy (non-hydrogen) atoms. The van der Waals surface area contributed by atoms with Crippen molar-refractivity contribution >= 4 is 11.6 Å². The van der Waals surface area contributed by atoms with Gasteiger partial charge in [0, 0.05) is 43.1 Å². The number of amides is 1. The second-order valence-electron chi connectivity index (χ2n) is 7.30. The molecule has 0 N–H and O–H groups in total. The zero-order valence-corrected chi connectivity index (χ0v) is 16.6. The van der Waals surface area contributed by atoms with E-state index in [0.29, 0.717) is 31.9 Å². The Balaban J connectivity index is 1.66. The number of halogens is 3. The number of benzene rings is 1. The van der Waals surface area contributed by atoms with Crippen LogP contribution in [0.2, 0.25) is 0 Å². The van der Waals surface area contributed by atoms with Crippen LogP contribution < -0.4 is 4.90 Å². The Labute approximate surface area is 162 Å². The number of aryl methyl sites for hydroxylation is 1. The van der Waals surface area contributed by atoms with E-state index >= 15 is 0 Å². The molecule has 0 aliphatic carbocycles. The molecule has 0 radical (unpaired) electrons. The molecule has 1 amide bonds. The Morgan fingerprint density at radius 3 is 2.25 bits per heavy atom. The second kappa shape index (κ2) is 7.48. The number of aromatic nitrogens is 2. The Hall–Kier alpha value is -2.51. The minimum atomic E-state index is -4.51. The van der Waals surface area contributed by atoms with Gasteiger partial charge in [0.05, 0.1) is 0 Å². The number of carbonyl (C=O) groups excluding carboxylic acids is 1. The molecule has 152 valence electrons. The highest BCUT2D eigenvalue weighted by Gasteiger charge is 2.37.